The Balaban J connectivity index is 2.87. The van der Waals surface area contributed by atoms with Crippen molar-refractivity contribution in [2.24, 2.45) is 0 Å². The quantitative estimate of drug-likeness (QED) is 0.690. The van der Waals surface area contributed by atoms with Crippen molar-refractivity contribution in [2.45, 2.75) is 13.8 Å². The molecule has 0 amide bonds. The van der Waals surface area contributed by atoms with Crippen LogP contribution in [0.3, 0.4) is 0 Å². The normalized spacial score (nSPS) is 9.83. The fourth-order valence-corrected chi connectivity index (χ4v) is 1.62. The van der Waals surface area contributed by atoms with Gasteiger partial charge in [0.25, 0.3) is 0 Å². The number of aromatic amines is 1. The third-order valence-electron chi connectivity index (χ3n) is 1.32. The van der Waals surface area contributed by atoms with Crippen molar-refractivity contribution in [3.05, 3.63) is 10.6 Å². The van der Waals surface area contributed by atoms with Crippen LogP contribution < -0.4 is 10.7 Å². The van der Waals surface area contributed by atoms with E-state index in [0.29, 0.717) is 16.6 Å². The van der Waals surface area contributed by atoms with Gasteiger partial charge >= 0.3 is 11.1 Å². The Kier molecular flexibility index (Phi) is 2.65. The first-order valence-corrected chi connectivity index (χ1v) is 4.42. The van der Waals surface area contributed by atoms with Gasteiger partial charge in [-0.1, -0.05) is 0 Å². The zero-order valence-electron chi connectivity index (χ0n) is 7.01. The zero-order valence-corrected chi connectivity index (χ0v) is 7.83. The number of carbonyl (C=O) groups is 1. The molecule has 1 aromatic heterocycles. The van der Waals surface area contributed by atoms with Gasteiger partial charge in [0.2, 0.25) is 0 Å². The minimum Gasteiger partial charge on any atom is -0.462 e. The molecule has 0 saturated heterocycles. The minimum atomic E-state index is -0.312. The molecule has 1 heterocycles. The van der Waals surface area contributed by atoms with Crippen molar-refractivity contribution in [3.8, 4) is 0 Å². The molecule has 0 bridgehead atoms. The summed E-state index contributed by atoms with van der Waals surface area (Å²) in [6.07, 6.45) is 0. The number of rotatable bonds is 2. The van der Waals surface area contributed by atoms with Gasteiger partial charge in [-0.3, -0.25) is 5.73 Å². The maximum Gasteiger partial charge on any atom is 0.352 e. The van der Waals surface area contributed by atoms with Crippen LogP contribution in [0, 0.1) is 6.92 Å². The summed E-state index contributed by atoms with van der Waals surface area (Å²) in [7, 11) is 0. The number of ether oxygens (including phenoxy) is 1. The summed E-state index contributed by atoms with van der Waals surface area (Å²) < 4.78 is 4.82. The molecule has 0 aliphatic carbocycles. The molecule has 5 heteroatoms. The average Bonchev–Trinajstić information content (AvgIpc) is 2.30. The molecule has 0 unspecified atom stereocenters. The highest BCUT2D eigenvalue weighted by Crippen LogP contribution is 2.16. The smallest absolute Gasteiger partial charge is 0.352 e. The number of hydrogen-bond acceptors (Lipinski definition) is 4. The van der Waals surface area contributed by atoms with Crippen LogP contribution in [0.5, 0.6) is 0 Å². The van der Waals surface area contributed by atoms with Gasteiger partial charge in [0.05, 0.1) is 6.61 Å². The maximum atomic E-state index is 11.2. The molecule has 0 radical (unpaired) electrons. The molecule has 0 fully saturated rings. The van der Waals surface area contributed by atoms with Gasteiger partial charge in [-0.2, -0.15) is 0 Å². The molecule has 1 rings (SSSR count). The second kappa shape index (κ2) is 3.53. The Bertz CT molecular complexity index is 296. The van der Waals surface area contributed by atoms with Crippen molar-refractivity contribution in [3.63, 3.8) is 0 Å². The predicted octanol–water partition coefficient (Wildman–Crippen LogP) is 0.630. The summed E-state index contributed by atoms with van der Waals surface area (Å²) in [5, 5.41) is 0.524. The Morgan fingerprint density at radius 2 is 2.42 bits per heavy atom. The third kappa shape index (κ3) is 1.73. The lowest BCUT2D eigenvalue weighted by Crippen LogP contribution is -2.10. The first-order chi connectivity index (χ1) is 5.65. The number of anilines is 1. The Labute approximate surface area is 74.4 Å². The van der Waals surface area contributed by atoms with Gasteiger partial charge in [-0.25, -0.2) is 9.78 Å². The molecule has 0 spiro atoms. The lowest BCUT2D eigenvalue weighted by molar-refractivity contribution is -0.363. The molecule has 0 aliphatic heterocycles. The average molecular weight is 187 g/mol. The van der Waals surface area contributed by atoms with Crippen LogP contribution in [0.2, 0.25) is 0 Å². The number of hydrogen-bond donors (Lipinski definition) is 1. The standard InChI is InChI=1S/C7H10N2O2S/c1-3-11-6(10)5-4(2)9-7(8)12-5/h3H2,1-2H3,(H2,8,9)/p+1. The number of nitrogens with two attached hydrogens (primary N) is 1. The lowest BCUT2D eigenvalue weighted by atomic mass is 10.4. The van der Waals surface area contributed by atoms with E-state index < -0.39 is 0 Å². The van der Waals surface area contributed by atoms with Crippen LogP contribution in [0.15, 0.2) is 0 Å². The van der Waals surface area contributed by atoms with Gasteiger partial charge in [-0.05, 0) is 25.2 Å². The van der Waals surface area contributed by atoms with E-state index in [0.717, 1.165) is 5.69 Å². The second-order valence-electron chi connectivity index (χ2n) is 2.27. The fraction of sp³-hybridized carbons (Fsp3) is 0.429. The molecule has 0 saturated carbocycles. The summed E-state index contributed by atoms with van der Waals surface area (Å²) in [5.41, 5.74) is 6.23. The Morgan fingerprint density at radius 3 is 2.83 bits per heavy atom. The molecular formula is C7H11N2O2S+. The highest BCUT2D eigenvalue weighted by atomic mass is 32.1. The van der Waals surface area contributed by atoms with E-state index >= 15 is 0 Å². The molecule has 0 aromatic carbocycles. The highest BCUT2D eigenvalue weighted by molar-refractivity contribution is 7.16. The van der Waals surface area contributed by atoms with Gasteiger partial charge in [0, 0.05) is 0 Å². The van der Waals surface area contributed by atoms with Crippen LogP contribution in [0.1, 0.15) is 22.3 Å². The van der Waals surface area contributed by atoms with Crippen molar-refractivity contribution < 1.29 is 14.5 Å². The van der Waals surface area contributed by atoms with Crippen molar-refractivity contribution >= 4 is 22.4 Å². The van der Waals surface area contributed by atoms with Gasteiger partial charge < -0.3 is 4.74 Å². The van der Waals surface area contributed by atoms with E-state index in [-0.39, 0.29) is 5.97 Å². The van der Waals surface area contributed by atoms with E-state index in [4.69, 9.17) is 10.5 Å². The van der Waals surface area contributed by atoms with E-state index in [1.165, 1.54) is 11.3 Å². The van der Waals surface area contributed by atoms with Crippen LogP contribution in [0.4, 0.5) is 5.13 Å². The van der Waals surface area contributed by atoms with Crippen LogP contribution in [-0.2, 0) is 4.74 Å². The van der Waals surface area contributed by atoms with Crippen molar-refractivity contribution in [1.29, 1.82) is 0 Å². The Hall–Kier alpha value is -1.10. The molecule has 4 nitrogen and oxygen atoms in total. The van der Waals surface area contributed by atoms with Crippen LogP contribution >= 0.6 is 11.3 Å². The zero-order chi connectivity index (χ0) is 9.14. The molecule has 0 atom stereocenters. The SMILES string of the molecule is CCOC(=O)c1sc(N)[nH+]c1C. The lowest BCUT2D eigenvalue weighted by Gasteiger charge is -1.96. The number of aryl methyl sites for hydroxylation is 1. The number of nitrogen functional groups attached to an aromatic ring is 1. The molecule has 1 aromatic rings. The van der Waals surface area contributed by atoms with Gasteiger partial charge in [0.15, 0.2) is 4.88 Å². The fourth-order valence-electron chi connectivity index (χ4n) is 0.845. The first kappa shape index (κ1) is 8.99. The summed E-state index contributed by atoms with van der Waals surface area (Å²) in [5.74, 6) is -0.312. The minimum absolute atomic E-state index is 0.312. The monoisotopic (exact) mass is 187 g/mol. The van der Waals surface area contributed by atoms with E-state index in [9.17, 15) is 4.79 Å². The number of nitrogens with one attached hydrogen (secondary N) is 1. The Morgan fingerprint density at radius 1 is 1.75 bits per heavy atom. The largest absolute Gasteiger partial charge is 0.462 e. The third-order valence-corrected chi connectivity index (χ3v) is 2.32. The van der Waals surface area contributed by atoms with E-state index in [1.54, 1.807) is 13.8 Å². The molecule has 3 N–H and O–H groups in total. The second-order valence-corrected chi connectivity index (χ2v) is 3.32. The van der Waals surface area contributed by atoms with Gasteiger partial charge in [0.1, 0.15) is 5.69 Å². The molecule has 12 heavy (non-hydrogen) atoms. The summed E-state index contributed by atoms with van der Waals surface area (Å²) in [4.78, 5) is 14.6. The summed E-state index contributed by atoms with van der Waals surface area (Å²) in [6, 6.07) is 0. The number of H-pyrrole nitrogens is 1. The number of carbonyl (C=O) groups excluding carboxylic acids is 1. The molecule has 0 aliphatic rings. The topological polar surface area (TPSA) is 66.5 Å². The van der Waals surface area contributed by atoms with Crippen molar-refractivity contribution in [1.82, 2.24) is 0 Å². The van der Waals surface area contributed by atoms with Crippen molar-refractivity contribution in [2.75, 3.05) is 12.3 Å². The maximum absolute atomic E-state index is 11.2. The summed E-state index contributed by atoms with van der Waals surface area (Å²) >= 11 is 1.21. The number of thiazole rings is 1. The number of esters is 1. The van der Waals surface area contributed by atoms with Crippen LogP contribution in [-0.4, -0.2) is 12.6 Å². The summed E-state index contributed by atoms with van der Waals surface area (Å²) in [6.45, 7) is 3.95. The van der Waals surface area contributed by atoms with E-state index in [2.05, 4.69) is 4.98 Å². The predicted molar refractivity (Wildman–Crippen MR) is 46.0 cm³/mol. The highest BCUT2D eigenvalue weighted by Gasteiger charge is 2.17. The van der Waals surface area contributed by atoms with Crippen LogP contribution in [0.25, 0.3) is 0 Å². The van der Waals surface area contributed by atoms with Gasteiger partial charge in [-0.15, -0.1) is 0 Å². The molecule has 66 valence electrons. The number of aromatic nitrogens is 1. The molecular weight excluding hydrogens is 176 g/mol. The first-order valence-electron chi connectivity index (χ1n) is 3.60. The van der Waals surface area contributed by atoms with E-state index in [1.807, 2.05) is 0 Å².